The molecule has 9 heteroatoms. The van der Waals surface area contributed by atoms with E-state index >= 15 is 0 Å². The van der Waals surface area contributed by atoms with Crippen LogP contribution in [-0.2, 0) is 9.53 Å². The Balaban J connectivity index is 1.42. The smallest absolute Gasteiger partial charge is 0.338 e. The van der Waals surface area contributed by atoms with Crippen LogP contribution in [0.25, 0.3) is 10.9 Å². The summed E-state index contributed by atoms with van der Waals surface area (Å²) in [6, 6.07) is 13.2. The highest BCUT2D eigenvalue weighted by molar-refractivity contribution is 6.02. The zero-order valence-electron chi connectivity index (χ0n) is 17.3. The molecule has 1 fully saturated rings. The first-order chi connectivity index (χ1) is 15.5. The summed E-state index contributed by atoms with van der Waals surface area (Å²) in [5.41, 5.74) is 1.66. The van der Waals surface area contributed by atoms with Crippen molar-refractivity contribution in [2.75, 3.05) is 29.9 Å². The highest BCUT2D eigenvalue weighted by Crippen LogP contribution is 2.31. The van der Waals surface area contributed by atoms with Gasteiger partial charge >= 0.3 is 5.97 Å². The maximum absolute atomic E-state index is 12.4. The van der Waals surface area contributed by atoms with Crippen LogP contribution in [0.3, 0.4) is 0 Å². The lowest BCUT2D eigenvalue weighted by Gasteiger charge is -2.28. The lowest BCUT2D eigenvalue weighted by atomic mass is 10.1. The summed E-state index contributed by atoms with van der Waals surface area (Å²) in [7, 11) is 0. The fourth-order valence-electron chi connectivity index (χ4n) is 3.81. The number of amides is 1. The van der Waals surface area contributed by atoms with Crippen molar-refractivity contribution in [2.45, 2.75) is 19.3 Å². The number of esters is 1. The highest BCUT2D eigenvalue weighted by atomic mass is 16.6. The Morgan fingerprint density at radius 1 is 1.09 bits per heavy atom. The molecule has 1 amide bonds. The van der Waals surface area contributed by atoms with Crippen LogP contribution in [0.2, 0.25) is 0 Å². The zero-order valence-corrected chi connectivity index (χ0v) is 17.3. The molecule has 0 spiro atoms. The van der Waals surface area contributed by atoms with Crippen LogP contribution < -0.4 is 10.2 Å². The second kappa shape index (κ2) is 9.42. The van der Waals surface area contributed by atoms with Crippen LogP contribution in [0.15, 0.2) is 54.7 Å². The van der Waals surface area contributed by atoms with E-state index in [0.29, 0.717) is 11.4 Å². The molecule has 1 aromatic heterocycles. The number of aromatic nitrogens is 1. The number of hydrogen-bond donors (Lipinski definition) is 1. The normalized spacial score (nSPS) is 13.6. The molecule has 0 bridgehead atoms. The van der Waals surface area contributed by atoms with Gasteiger partial charge in [0.05, 0.1) is 21.7 Å². The summed E-state index contributed by atoms with van der Waals surface area (Å²) in [5.74, 6) is -1.32. The minimum Gasteiger partial charge on any atom is -0.452 e. The van der Waals surface area contributed by atoms with Crippen molar-refractivity contribution in [2.24, 2.45) is 0 Å². The van der Waals surface area contributed by atoms with Crippen molar-refractivity contribution in [3.8, 4) is 0 Å². The molecule has 0 aliphatic carbocycles. The molecule has 32 heavy (non-hydrogen) atoms. The van der Waals surface area contributed by atoms with Gasteiger partial charge in [-0.2, -0.15) is 0 Å². The number of pyridine rings is 1. The Hall–Kier alpha value is -4.01. The number of piperidine rings is 1. The molecular weight excluding hydrogens is 412 g/mol. The van der Waals surface area contributed by atoms with E-state index in [9.17, 15) is 19.7 Å². The number of carbonyl (C=O) groups is 2. The van der Waals surface area contributed by atoms with Gasteiger partial charge in [-0.25, -0.2) is 4.79 Å². The molecular formula is C23H22N4O5. The standard InChI is InChI=1S/C23H22N4O5/c28-22(25-19-8-4-7-18-17(19)6-5-11-24-18)15-32-23(29)16-9-10-20(21(14-16)27(30)31)26-12-2-1-3-13-26/h4-11,14H,1-3,12-13,15H2,(H,25,28). The predicted octanol–water partition coefficient (Wildman–Crippen LogP) is 3.93. The average Bonchev–Trinajstić information content (AvgIpc) is 2.83. The van der Waals surface area contributed by atoms with Gasteiger partial charge in [0.25, 0.3) is 11.6 Å². The molecule has 2 aromatic carbocycles. The minimum atomic E-state index is -0.798. The van der Waals surface area contributed by atoms with Crippen LogP contribution in [-0.4, -0.2) is 41.5 Å². The molecule has 0 radical (unpaired) electrons. The Morgan fingerprint density at radius 3 is 2.69 bits per heavy atom. The molecule has 1 saturated heterocycles. The second-order valence-corrected chi connectivity index (χ2v) is 7.51. The van der Waals surface area contributed by atoms with Gasteiger partial charge in [-0.1, -0.05) is 6.07 Å². The van der Waals surface area contributed by atoms with Crippen molar-refractivity contribution in [1.29, 1.82) is 0 Å². The van der Waals surface area contributed by atoms with Crippen LogP contribution >= 0.6 is 0 Å². The third kappa shape index (κ3) is 4.66. The summed E-state index contributed by atoms with van der Waals surface area (Å²) in [4.78, 5) is 42.0. The Kier molecular flexibility index (Phi) is 6.25. The van der Waals surface area contributed by atoms with Crippen LogP contribution in [0.4, 0.5) is 17.1 Å². The van der Waals surface area contributed by atoms with E-state index in [4.69, 9.17) is 4.74 Å². The molecule has 1 N–H and O–H groups in total. The number of fused-ring (bicyclic) bond motifs is 1. The van der Waals surface area contributed by atoms with Crippen LogP contribution in [0.5, 0.6) is 0 Å². The number of hydrogen-bond acceptors (Lipinski definition) is 7. The molecule has 1 aliphatic rings. The second-order valence-electron chi connectivity index (χ2n) is 7.51. The molecule has 0 unspecified atom stereocenters. The van der Waals surface area contributed by atoms with Crippen molar-refractivity contribution < 1.29 is 19.2 Å². The van der Waals surface area contributed by atoms with Crippen molar-refractivity contribution in [3.05, 3.63) is 70.4 Å². The van der Waals surface area contributed by atoms with Gasteiger partial charge in [0.15, 0.2) is 6.61 Å². The topological polar surface area (TPSA) is 115 Å². The number of nitro benzene ring substituents is 1. The third-order valence-electron chi connectivity index (χ3n) is 5.36. The van der Waals surface area contributed by atoms with E-state index in [1.807, 2.05) is 17.0 Å². The molecule has 9 nitrogen and oxygen atoms in total. The number of benzene rings is 2. The first kappa shape index (κ1) is 21.2. The lowest BCUT2D eigenvalue weighted by Crippen LogP contribution is -2.30. The lowest BCUT2D eigenvalue weighted by molar-refractivity contribution is -0.384. The average molecular weight is 434 g/mol. The van der Waals surface area contributed by atoms with Gasteiger partial charge in [0.2, 0.25) is 0 Å². The Morgan fingerprint density at radius 2 is 1.91 bits per heavy atom. The van der Waals surface area contributed by atoms with E-state index in [2.05, 4.69) is 10.3 Å². The largest absolute Gasteiger partial charge is 0.452 e. The maximum atomic E-state index is 12.4. The summed E-state index contributed by atoms with van der Waals surface area (Å²) >= 11 is 0. The van der Waals surface area contributed by atoms with Gasteiger partial charge in [-0.3, -0.25) is 19.9 Å². The number of nitro groups is 1. The predicted molar refractivity (Wildman–Crippen MR) is 120 cm³/mol. The first-order valence-electron chi connectivity index (χ1n) is 10.4. The summed E-state index contributed by atoms with van der Waals surface area (Å²) < 4.78 is 5.09. The number of ether oxygens (including phenoxy) is 1. The van der Waals surface area contributed by atoms with E-state index < -0.39 is 23.4 Å². The fourth-order valence-corrected chi connectivity index (χ4v) is 3.81. The number of nitrogens with zero attached hydrogens (tertiary/aromatic N) is 3. The summed E-state index contributed by atoms with van der Waals surface area (Å²) in [5, 5.41) is 15.0. The number of anilines is 2. The van der Waals surface area contributed by atoms with E-state index in [1.54, 1.807) is 30.5 Å². The molecule has 164 valence electrons. The van der Waals surface area contributed by atoms with Gasteiger partial charge in [-0.05, 0) is 55.7 Å². The minimum absolute atomic E-state index is 0.0274. The molecule has 2 heterocycles. The summed E-state index contributed by atoms with van der Waals surface area (Å²) in [6.45, 7) is 0.972. The van der Waals surface area contributed by atoms with E-state index in [-0.39, 0.29) is 11.3 Å². The van der Waals surface area contributed by atoms with Crippen LogP contribution in [0, 0.1) is 10.1 Å². The Bertz CT molecular complexity index is 1170. The SMILES string of the molecule is O=C(COC(=O)c1ccc(N2CCCCC2)c([N+](=O)[O-])c1)Nc1cccc2ncccc12. The number of carbonyl (C=O) groups excluding carboxylic acids is 2. The van der Waals surface area contributed by atoms with Crippen molar-refractivity contribution in [1.82, 2.24) is 4.98 Å². The van der Waals surface area contributed by atoms with Gasteiger partial charge in [0.1, 0.15) is 5.69 Å². The monoisotopic (exact) mass is 434 g/mol. The molecule has 0 saturated carbocycles. The van der Waals surface area contributed by atoms with E-state index in [1.165, 1.54) is 12.1 Å². The van der Waals surface area contributed by atoms with Gasteiger partial charge in [0, 0.05) is 30.7 Å². The number of rotatable bonds is 6. The maximum Gasteiger partial charge on any atom is 0.338 e. The van der Waals surface area contributed by atoms with Gasteiger partial charge < -0.3 is 15.0 Å². The molecule has 3 aromatic rings. The zero-order chi connectivity index (χ0) is 22.5. The molecule has 4 rings (SSSR count). The molecule has 0 atom stereocenters. The van der Waals surface area contributed by atoms with Crippen molar-refractivity contribution >= 4 is 39.8 Å². The van der Waals surface area contributed by atoms with Gasteiger partial charge in [-0.15, -0.1) is 0 Å². The Labute approximate surface area is 184 Å². The number of nitrogens with one attached hydrogen (secondary N) is 1. The van der Waals surface area contributed by atoms with Crippen LogP contribution in [0.1, 0.15) is 29.6 Å². The quantitative estimate of drug-likeness (QED) is 0.355. The van der Waals surface area contributed by atoms with E-state index in [0.717, 1.165) is 43.3 Å². The molecule has 1 aliphatic heterocycles. The van der Waals surface area contributed by atoms with Crippen molar-refractivity contribution in [3.63, 3.8) is 0 Å². The first-order valence-corrected chi connectivity index (χ1v) is 10.4. The highest BCUT2D eigenvalue weighted by Gasteiger charge is 2.24. The third-order valence-corrected chi connectivity index (χ3v) is 5.36. The summed E-state index contributed by atoms with van der Waals surface area (Å²) in [6.07, 6.45) is 4.71. The fraction of sp³-hybridized carbons (Fsp3) is 0.261.